The lowest BCUT2D eigenvalue weighted by molar-refractivity contribution is 0.506. The van der Waals surface area contributed by atoms with Gasteiger partial charge in [-0.25, -0.2) is 4.39 Å². The Morgan fingerprint density at radius 1 is 1.47 bits per heavy atom. The van der Waals surface area contributed by atoms with Crippen LogP contribution < -0.4 is 5.32 Å². The molecule has 0 saturated heterocycles. The minimum Gasteiger partial charge on any atom is -0.380 e. The van der Waals surface area contributed by atoms with Crippen molar-refractivity contribution >= 4 is 21.6 Å². The molecule has 0 fully saturated rings. The van der Waals surface area contributed by atoms with Crippen LogP contribution in [0.15, 0.2) is 16.6 Å². The fourth-order valence-corrected chi connectivity index (χ4v) is 2.12. The highest BCUT2D eigenvalue weighted by molar-refractivity contribution is 9.10. The van der Waals surface area contributed by atoms with Crippen molar-refractivity contribution in [1.29, 1.82) is 5.26 Å². The molecule has 1 N–H and O–H groups in total. The van der Waals surface area contributed by atoms with E-state index in [1.54, 1.807) is 12.1 Å². The first kappa shape index (κ1) is 14.0. The maximum absolute atomic E-state index is 13.9. The Kier molecular flexibility index (Phi) is 4.95. The fraction of sp³-hybridized carbons (Fsp3) is 0.462. The van der Waals surface area contributed by atoms with Gasteiger partial charge in [0.15, 0.2) is 5.82 Å². The first-order valence-corrected chi connectivity index (χ1v) is 6.45. The van der Waals surface area contributed by atoms with Crippen molar-refractivity contribution in [3.63, 3.8) is 0 Å². The fourth-order valence-electron chi connectivity index (χ4n) is 1.69. The highest BCUT2D eigenvalue weighted by Crippen LogP contribution is 2.28. The Balaban J connectivity index is 3.01. The van der Waals surface area contributed by atoms with Crippen LogP contribution in [0.2, 0.25) is 0 Å². The topological polar surface area (TPSA) is 35.8 Å². The third kappa shape index (κ3) is 3.19. The second kappa shape index (κ2) is 6.02. The molecule has 0 saturated carbocycles. The van der Waals surface area contributed by atoms with Crippen molar-refractivity contribution in [3.05, 3.63) is 28.0 Å². The summed E-state index contributed by atoms with van der Waals surface area (Å²) in [5.41, 5.74) is 0.752. The van der Waals surface area contributed by atoms with Crippen molar-refractivity contribution in [2.75, 3.05) is 5.32 Å². The van der Waals surface area contributed by atoms with Crippen molar-refractivity contribution < 1.29 is 4.39 Å². The summed E-state index contributed by atoms with van der Waals surface area (Å²) in [4.78, 5) is 0. The van der Waals surface area contributed by atoms with Crippen LogP contribution in [0.1, 0.15) is 32.8 Å². The van der Waals surface area contributed by atoms with Gasteiger partial charge in [-0.05, 0) is 40.4 Å². The molecule has 0 spiro atoms. The number of hydrogen-bond donors (Lipinski definition) is 1. The molecule has 92 valence electrons. The van der Waals surface area contributed by atoms with E-state index in [1.807, 2.05) is 6.07 Å². The molecule has 4 heteroatoms. The zero-order chi connectivity index (χ0) is 13.0. The molecule has 0 bridgehead atoms. The summed E-state index contributed by atoms with van der Waals surface area (Å²) in [7, 11) is 0. The first-order chi connectivity index (χ1) is 8.01. The summed E-state index contributed by atoms with van der Waals surface area (Å²) in [5, 5.41) is 12.0. The number of benzene rings is 1. The lowest BCUT2D eigenvalue weighted by Gasteiger charge is -2.22. The van der Waals surface area contributed by atoms with E-state index in [9.17, 15) is 4.39 Å². The van der Waals surface area contributed by atoms with E-state index in [0.29, 0.717) is 17.2 Å². The van der Waals surface area contributed by atoms with E-state index in [4.69, 9.17) is 5.26 Å². The number of nitrogens with one attached hydrogen (secondary N) is 1. The normalized spacial score (nSPS) is 12.3. The van der Waals surface area contributed by atoms with Gasteiger partial charge in [0.2, 0.25) is 0 Å². The summed E-state index contributed by atoms with van der Waals surface area (Å²) in [6.07, 6.45) is 0.925. The molecule has 0 aliphatic heterocycles. The molecule has 0 aliphatic rings. The van der Waals surface area contributed by atoms with Crippen LogP contribution in [-0.4, -0.2) is 6.04 Å². The smallest absolute Gasteiger partial charge is 0.161 e. The first-order valence-electron chi connectivity index (χ1n) is 5.65. The lowest BCUT2D eigenvalue weighted by Crippen LogP contribution is -2.25. The van der Waals surface area contributed by atoms with Gasteiger partial charge in [-0.2, -0.15) is 5.26 Å². The van der Waals surface area contributed by atoms with Gasteiger partial charge in [0.05, 0.1) is 15.7 Å². The van der Waals surface area contributed by atoms with Crippen LogP contribution in [0.4, 0.5) is 10.1 Å². The van der Waals surface area contributed by atoms with E-state index >= 15 is 0 Å². The van der Waals surface area contributed by atoms with Gasteiger partial charge in [-0.3, -0.25) is 0 Å². The van der Waals surface area contributed by atoms with Crippen LogP contribution in [0.3, 0.4) is 0 Å². The molecule has 1 atom stereocenters. The Morgan fingerprint density at radius 3 is 2.59 bits per heavy atom. The number of nitrogens with zero attached hydrogens (tertiary/aromatic N) is 1. The number of halogens is 2. The molecule has 17 heavy (non-hydrogen) atoms. The van der Waals surface area contributed by atoms with Gasteiger partial charge in [-0.15, -0.1) is 0 Å². The van der Waals surface area contributed by atoms with Crippen LogP contribution in [0.25, 0.3) is 0 Å². The Morgan fingerprint density at radius 2 is 2.12 bits per heavy atom. The van der Waals surface area contributed by atoms with Crippen LogP contribution >= 0.6 is 15.9 Å². The van der Waals surface area contributed by atoms with E-state index in [1.165, 1.54) is 0 Å². The van der Waals surface area contributed by atoms with Crippen LogP contribution in [-0.2, 0) is 0 Å². The van der Waals surface area contributed by atoms with Gasteiger partial charge in [-0.1, -0.05) is 20.8 Å². The highest BCUT2D eigenvalue weighted by atomic mass is 79.9. The van der Waals surface area contributed by atoms with Crippen molar-refractivity contribution in [2.24, 2.45) is 5.92 Å². The number of nitriles is 1. The predicted octanol–water partition coefficient (Wildman–Crippen LogP) is 4.31. The van der Waals surface area contributed by atoms with Crippen molar-refractivity contribution in [1.82, 2.24) is 0 Å². The van der Waals surface area contributed by atoms with Gasteiger partial charge < -0.3 is 5.32 Å². The molecule has 0 heterocycles. The summed E-state index contributed by atoms with van der Waals surface area (Å²) >= 11 is 3.10. The van der Waals surface area contributed by atoms with Gasteiger partial charge in [0.1, 0.15) is 6.07 Å². The van der Waals surface area contributed by atoms with E-state index < -0.39 is 5.82 Å². The molecule has 0 aliphatic carbocycles. The second-order valence-corrected chi connectivity index (χ2v) is 5.10. The number of hydrogen-bond acceptors (Lipinski definition) is 2. The van der Waals surface area contributed by atoms with E-state index in [-0.39, 0.29) is 10.5 Å². The van der Waals surface area contributed by atoms with Gasteiger partial charge in [0, 0.05) is 6.04 Å². The number of rotatable bonds is 4. The molecular weight excluding hydrogens is 283 g/mol. The minimum atomic E-state index is -0.400. The lowest BCUT2D eigenvalue weighted by atomic mass is 10.0. The Hall–Kier alpha value is -1.08. The molecule has 0 amide bonds. The largest absolute Gasteiger partial charge is 0.380 e. The van der Waals surface area contributed by atoms with Crippen molar-refractivity contribution in [2.45, 2.75) is 33.2 Å². The average Bonchev–Trinajstić information content (AvgIpc) is 2.30. The summed E-state index contributed by atoms with van der Waals surface area (Å²) in [6, 6.07) is 5.39. The third-order valence-electron chi connectivity index (χ3n) is 2.79. The molecule has 1 aromatic carbocycles. The van der Waals surface area contributed by atoms with E-state index in [0.717, 1.165) is 6.42 Å². The Labute approximate surface area is 110 Å². The van der Waals surface area contributed by atoms with E-state index in [2.05, 4.69) is 42.0 Å². The Bertz CT molecular complexity index is 438. The van der Waals surface area contributed by atoms with Crippen molar-refractivity contribution in [3.8, 4) is 6.07 Å². The van der Waals surface area contributed by atoms with Crippen LogP contribution in [0, 0.1) is 23.1 Å². The minimum absolute atomic E-state index is 0.226. The molecule has 2 nitrogen and oxygen atoms in total. The molecular formula is C13H16BrFN2. The molecule has 0 radical (unpaired) electrons. The highest BCUT2D eigenvalue weighted by Gasteiger charge is 2.15. The molecule has 0 aromatic heterocycles. The number of anilines is 1. The summed E-state index contributed by atoms with van der Waals surface area (Å²) in [6.45, 7) is 6.25. The summed E-state index contributed by atoms with van der Waals surface area (Å²) in [5.74, 6) is 0.0250. The van der Waals surface area contributed by atoms with Crippen LogP contribution in [0.5, 0.6) is 0 Å². The van der Waals surface area contributed by atoms with Gasteiger partial charge >= 0.3 is 0 Å². The maximum atomic E-state index is 13.9. The second-order valence-electron chi connectivity index (χ2n) is 4.30. The zero-order valence-corrected chi connectivity index (χ0v) is 11.8. The molecule has 1 rings (SSSR count). The SMILES string of the molecule is CCC(Nc1ccc(C#N)c(Br)c1F)C(C)C. The zero-order valence-electron chi connectivity index (χ0n) is 10.2. The standard InChI is InChI=1S/C13H16BrFN2/c1-4-10(8(2)3)17-11-6-5-9(7-16)12(14)13(11)15/h5-6,8,10,17H,4H2,1-3H3. The molecule has 1 unspecified atom stereocenters. The maximum Gasteiger partial charge on any atom is 0.161 e. The molecule has 1 aromatic rings. The monoisotopic (exact) mass is 298 g/mol. The average molecular weight is 299 g/mol. The predicted molar refractivity (Wildman–Crippen MR) is 71.4 cm³/mol. The third-order valence-corrected chi connectivity index (χ3v) is 3.56. The quantitative estimate of drug-likeness (QED) is 0.899. The summed E-state index contributed by atoms with van der Waals surface area (Å²) < 4.78 is 14.2. The van der Waals surface area contributed by atoms with Gasteiger partial charge in [0.25, 0.3) is 0 Å².